The molecule has 0 heterocycles. The first kappa shape index (κ1) is 19.4. The van der Waals surface area contributed by atoms with Crippen molar-refractivity contribution in [3.05, 3.63) is 64.7 Å². The second kappa shape index (κ2) is 7.99. The van der Waals surface area contributed by atoms with Gasteiger partial charge in [-0.15, -0.1) is 0 Å². The lowest BCUT2D eigenvalue weighted by Gasteiger charge is -2.23. The smallest absolute Gasteiger partial charge is 0.241 e. The summed E-state index contributed by atoms with van der Waals surface area (Å²) in [7, 11) is -2.14. The van der Waals surface area contributed by atoms with Crippen LogP contribution in [-0.2, 0) is 21.4 Å². The van der Waals surface area contributed by atoms with Gasteiger partial charge in [-0.3, -0.25) is 4.79 Å². The molecular formula is C18H21ClN2O3S. The highest BCUT2D eigenvalue weighted by Crippen LogP contribution is 2.15. The van der Waals surface area contributed by atoms with Gasteiger partial charge in [-0.1, -0.05) is 35.9 Å². The van der Waals surface area contributed by atoms with Gasteiger partial charge in [0.05, 0.1) is 10.9 Å². The number of sulfonamides is 1. The second-order valence-corrected chi connectivity index (χ2v) is 8.07. The summed E-state index contributed by atoms with van der Waals surface area (Å²) in [4.78, 5) is 14.1. The monoisotopic (exact) mass is 380 g/mol. The quantitative estimate of drug-likeness (QED) is 0.837. The second-order valence-electron chi connectivity index (χ2n) is 5.92. The summed E-state index contributed by atoms with van der Waals surface area (Å²) in [5.74, 6) is -0.305. The molecule has 0 aliphatic heterocycles. The highest BCUT2D eigenvalue weighted by atomic mass is 35.5. The maximum absolute atomic E-state index is 12.5. The van der Waals surface area contributed by atoms with Crippen molar-refractivity contribution >= 4 is 27.5 Å². The molecule has 0 aromatic heterocycles. The third kappa shape index (κ3) is 5.04. The molecule has 0 bridgehead atoms. The van der Waals surface area contributed by atoms with Gasteiger partial charge in [-0.2, -0.15) is 4.72 Å². The van der Waals surface area contributed by atoms with Gasteiger partial charge < -0.3 is 4.90 Å². The number of benzene rings is 2. The van der Waals surface area contributed by atoms with Gasteiger partial charge in [0, 0.05) is 18.6 Å². The zero-order chi connectivity index (χ0) is 18.6. The van der Waals surface area contributed by atoms with E-state index in [2.05, 4.69) is 4.72 Å². The summed E-state index contributed by atoms with van der Waals surface area (Å²) in [6.45, 7) is 3.92. The van der Waals surface area contributed by atoms with Crippen LogP contribution < -0.4 is 4.72 Å². The third-order valence-corrected chi connectivity index (χ3v) is 5.68. The number of carbonyl (C=O) groups excluding carboxylic acids is 1. The van der Waals surface area contributed by atoms with E-state index < -0.39 is 16.1 Å². The summed E-state index contributed by atoms with van der Waals surface area (Å²) in [5, 5.41) is 0.445. The molecule has 1 unspecified atom stereocenters. The van der Waals surface area contributed by atoms with Crippen LogP contribution in [0.5, 0.6) is 0 Å². The first-order valence-electron chi connectivity index (χ1n) is 7.78. The number of aryl methyl sites for hydroxylation is 1. The number of rotatable bonds is 6. The zero-order valence-corrected chi connectivity index (χ0v) is 15.9. The average molecular weight is 381 g/mol. The summed E-state index contributed by atoms with van der Waals surface area (Å²) in [5.41, 5.74) is 2.10. The van der Waals surface area contributed by atoms with Crippen LogP contribution in [-0.4, -0.2) is 32.3 Å². The molecule has 0 aliphatic rings. The molecule has 2 aromatic rings. The highest BCUT2D eigenvalue weighted by molar-refractivity contribution is 7.89. The fourth-order valence-electron chi connectivity index (χ4n) is 2.42. The van der Waals surface area contributed by atoms with E-state index in [9.17, 15) is 13.2 Å². The van der Waals surface area contributed by atoms with Crippen molar-refractivity contribution in [1.82, 2.24) is 9.62 Å². The zero-order valence-electron chi connectivity index (χ0n) is 14.4. The van der Waals surface area contributed by atoms with Crippen LogP contribution in [0.15, 0.2) is 53.4 Å². The van der Waals surface area contributed by atoms with Crippen LogP contribution in [0.1, 0.15) is 18.1 Å². The molecule has 1 N–H and O–H groups in total. The Kier molecular flexibility index (Phi) is 6.21. The van der Waals surface area contributed by atoms with E-state index >= 15 is 0 Å². The van der Waals surface area contributed by atoms with Crippen molar-refractivity contribution in [2.24, 2.45) is 0 Å². The van der Waals surface area contributed by atoms with E-state index in [1.807, 2.05) is 31.2 Å². The van der Waals surface area contributed by atoms with Crippen molar-refractivity contribution in [3.63, 3.8) is 0 Å². The molecule has 0 aliphatic carbocycles. The summed E-state index contributed by atoms with van der Waals surface area (Å²) in [6, 6.07) is 12.7. The minimum atomic E-state index is -3.79. The largest absolute Gasteiger partial charge is 0.340 e. The molecule has 1 atom stereocenters. The summed E-state index contributed by atoms with van der Waals surface area (Å²) in [6.07, 6.45) is 0. The summed E-state index contributed by atoms with van der Waals surface area (Å²) >= 11 is 5.77. The molecule has 7 heteroatoms. The van der Waals surface area contributed by atoms with Crippen LogP contribution in [0.3, 0.4) is 0 Å². The molecule has 25 heavy (non-hydrogen) atoms. The maximum Gasteiger partial charge on any atom is 0.241 e. The van der Waals surface area contributed by atoms with Gasteiger partial charge in [0.15, 0.2) is 0 Å². The Bertz CT molecular complexity index is 851. The topological polar surface area (TPSA) is 66.5 Å². The molecule has 0 radical (unpaired) electrons. The molecule has 0 spiro atoms. The normalized spacial score (nSPS) is 12.6. The van der Waals surface area contributed by atoms with Crippen molar-refractivity contribution in [1.29, 1.82) is 0 Å². The van der Waals surface area contributed by atoms with Crippen LogP contribution in [0.4, 0.5) is 0 Å². The Labute approximate surface area is 153 Å². The van der Waals surface area contributed by atoms with Crippen LogP contribution in [0.2, 0.25) is 5.02 Å². The van der Waals surface area contributed by atoms with E-state index in [0.717, 1.165) is 11.1 Å². The Hall–Kier alpha value is -1.89. The Morgan fingerprint density at radius 2 is 1.76 bits per heavy atom. The average Bonchev–Trinajstić information content (AvgIpc) is 2.56. The van der Waals surface area contributed by atoms with Gasteiger partial charge in [-0.05, 0) is 49.2 Å². The molecule has 2 rings (SSSR count). The van der Waals surface area contributed by atoms with Gasteiger partial charge in [0.25, 0.3) is 0 Å². The molecule has 2 aromatic carbocycles. The number of halogens is 1. The van der Waals surface area contributed by atoms with E-state index in [1.54, 1.807) is 7.05 Å². The predicted molar refractivity (Wildman–Crippen MR) is 98.9 cm³/mol. The van der Waals surface area contributed by atoms with Crippen LogP contribution in [0.25, 0.3) is 0 Å². The number of amides is 1. The van der Waals surface area contributed by atoms with Crippen molar-refractivity contribution in [3.8, 4) is 0 Å². The SMILES string of the molecule is Cc1ccccc1CN(C)C(=O)C(C)NS(=O)(=O)c1ccc(Cl)cc1. The third-order valence-electron chi connectivity index (χ3n) is 3.87. The Morgan fingerprint density at radius 1 is 1.16 bits per heavy atom. The number of nitrogens with one attached hydrogen (secondary N) is 1. The predicted octanol–water partition coefficient (Wildman–Crippen LogP) is 2.97. The van der Waals surface area contributed by atoms with Gasteiger partial charge >= 0.3 is 0 Å². The van der Waals surface area contributed by atoms with E-state index in [1.165, 1.54) is 36.1 Å². The minimum Gasteiger partial charge on any atom is -0.340 e. The van der Waals surface area contributed by atoms with Crippen LogP contribution >= 0.6 is 11.6 Å². The standard InChI is InChI=1S/C18H21ClN2O3S/c1-13-6-4-5-7-15(13)12-21(3)18(22)14(2)20-25(23,24)17-10-8-16(19)9-11-17/h4-11,14,20H,12H2,1-3H3. The van der Waals surface area contributed by atoms with E-state index in [-0.39, 0.29) is 10.8 Å². The van der Waals surface area contributed by atoms with Crippen molar-refractivity contribution in [2.75, 3.05) is 7.05 Å². The number of nitrogens with zero attached hydrogens (tertiary/aromatic N) is 1. The lowest BCUT2D eigenvalue weighted by molar-refractivity contribution is -0.131. The van der Waals surface area contributed by atoms with Gasteiger partial charge in [-0.25, -0.2) is 8.42 Å². The molecule has 0 saturated carbocycles. The molecule has 134 valence electrons. The maximum atomic E-state index is 12.5. The number of carbonyl (C=O) groups is 1. The molecule has 0 fully saturated rings. The lowest BCUT2D eigenvalue weighted by atomic mass is 10.1. The number of hydrogen-bond acceptors (Lipinski definition) is 3. The first-order chi connectivity index (χ1) is 11.7. The Morgan fingerprint density at radius 3 is 2.36 bits per heavy atom. The fraction of sp³-hybridized carbons (Fsp3) is 0.278. The van der Waals surface area contributed by atoms with Crippen LogP contribution in [0, 0.1) is 6.92 Å². The van der Waals surface area contributed by atoms with E-state index in [0.29, 0.717) is 11.6 Å². The van der Waals surface area contributed by atoms with Gasteiger partial charge in [0.1, 0.15) is 0 Å². The highest BCUT2D eigenvalue weighted by Gasteiger charge is 2.24. The lowest BCUT2D eigenvalue weighted by Crippen LogP contribution is -2.45. The molecule has 5 nitrogen and oxygen atoms in total. The van der Waals surface area contributed by atoms with Crippen molar-refractivity contribution in [2.45, 2.75) is 31.3 Å². The summed E-state index contributed by atoms with van der Waals surface area (Å²) < 4.78 is 27.1. The molecule has 1 amide bonds. The fourth-order valence-corrected chi connectivity index (χ4v) is 3.74. The van der Waals surface area contributed by atoms with Gasteiger partial charge in [0.2, 0.25) is 15.9 Å². The molecular weight excluding hydrogens is 360 g/mol. The minimum absolute atomic E-state index is 0.0677. The number of hydrogen-bond donors (Lipinski definition) is 1. The number of likely N-dealkylation sites (N-methyl/N-ethyl adjacent to an activating group) is 1. The first-order valence-corrected chi connectivity index (χ1v) is 9.64. The van der Waals surface area contributed by atoms with E-state index in [4.69, 9.17) is 11.6 Å². The van der Waals surface area contributed by atoms with Crippen molar-refractivity contribution < 1.29 is 13.2 Å². The Balaban J connectivity index is 2.06. The molecule has 0 saturated heterocycles.